The molecule has 1 aliphatic heterocycles. The summed E-state index contributed by atoms with van der Waals surface area (Å²) in [5, 5.41) is 47.3. The number of allylic oxidation sites excluding steroid dienone is 6. The summed E-state index contributed by atoms with van der Waals surface area (Å²) < 4.78 is 39.4. The minimum Gasteiger partial charge on any atom is -0.480 e. The lowest BCUT2D eigenvalue weighted by atomic mass is 9.44. The quantitative estimate of drug-likeness (QED) is 0.0218. The number of nitrogens with one attached hydrogen (secondary N) is 5. The number of rotatable bonds is 28. The highest BCUT2D eigenvalue weighted by atomic mass is 19.1. The molecule has 21 atom stereocenters. The van der Waals surface area contributed by atoms with Crippen LogP contribution in [-0.2, 0) is 100 Å². The number of esters is 2. The minimum absolute atomic E-state index is 0.00854. The highest BCUT2D eigenvalue weighted by Gasteiger charge is 2.76. The van der Waals surface area contributed by atoms with Gasteiger partial charge in [0.1, 0.15) is 78.2 Å². The first-order chi connectivity index (χ1) is 61.2. The second kappa shape index (κ2) is 47.6. The Labute approximate surface area is 776 Å². The Morgan fingerprint density at radius 2 is 1.12 bits per heavy atom. The largest absolute Gasteiger partial charge is 0.511 e. The van der Waals surface area contributed by atoms with Crippen LogP contribution in [0.15, 0.2) is 36.0 Å². The van der Waals surface area contributed by atoms with Gasteiger partial charge in [0.15, 0.2) is 18.1 Å². The van der Waals surface area contributed by atoms with Gasteiger partial charge in [-0.05, 0) is 157 Å². The number of fused-ring (bicyclic) bond motifs is 5. The smallest absolute Gasteiger partial charge is 0.480 e. The summed E-state index contributed by atoms with van der Waals surface area (Å²) in [4.78, 5) is 266. The van der Waals surface area contributed by atoms with Crippen LogP contribution in [0.1, 0.15) is 222 Å². The van der Waals surface area contributed by atoms with Crippen molar-refractivity contribution in [1.82, 2.24) is 60.9 Å². The standard InChI is InChI=1S/C94H149FN12O25/c1-28-30-31-55(15)78(132-90(127)131-48-130-74(114)44-64(89(125)126)98-71(111)34-35-73(113)129-47-70(110)94(128)56(16)42-62-61-33-32-59-43-60(108)36-37-91(59,19)93(61,95)69(109)45-92(62,94)20)77-82(118)99-63(29-2)84(120)101(21)46-72(112)102(22)65(38-49(3)4)81(117)100-75(53(11)12)87(123)103(23)66(39-50(5)6)80(116)96-57(17)79(115)97-58(18)83(119)104(24)67(40-51(7)8)85(121)105(25)68(41-52(9)10)86(122)106(26)76(54(13)14)88(124)107(77)27/h28,30,36-37,43,49-58,61-69,75-78,109,128H,29,31-35,38-42,44-48H2,1-27H3,(H,96,116)(H,97,115)(H,98,111)(H,99,118)(H,100,117)(H,125,126)/b30-28+/t55-,56+,57?,58?,61?,62?,63?,64+,65+,66?,67?,68?,69+,75?,76?,77?,78?,91+,92+,93+,94+/m0/s1. The lowest BCUT2D eigenvalue weighted by Crippen LogP contribution is -2.69. The molecule has 0 aromatic carbocycles. The van der Waals surface area contributed by atoms with Crippen molar-refractivity contribution in [3.63, 3.8) is 0 Å². The molecular formula is C94H149FN12O25. The number of halogens is 1. The van der Waals surface area contributed by atoms with Crippen molar-refractivity contribution in [3.05, 3.63) is 36.0 Å². The van der Waals surface area contributed by atoms with Crippen LogP contribution in [0.2, 0.25) is 0 Å². The summed E-state index contributed by atoms with van der Waals surface area (Å²) in [6, 6.07) is -16.2. The molecule has 132 heavy (non-hydrogen) atoms. The average Bonchev–Trinajstić information content (AvgIpc) is 1.46. The number of amides is 12. The zero-order valence-electron chi connectivity index (χ0n) is 82.3. The lowest BCUT2D eigenvalue weighted by molar-refractivity contribution is -0.220. The molecule has 8 N–H and O–H groups in total. The summed E-state index contributed by atoms with van der Waals surface area (Å²) in [6.45, 7) is 30.3. The topological polar surface area (TPSA) is 488 Å². The van der Waals surface area contributed by atoms with Gasteiger partial charge >= 0.3 is 24.1 Å². The van der Waals surface area contributed by atoms with Crippen LogP contribution in [0.5, 0.6) is 0 Å². The van der Waals surface area contributed by atoms with Crippen LogP contribution in [0.3, 0.4) is 0 Å². The summed E-state index contributed by atoms with van der Waals surface area (Å²) in [5.41, 5.74) is -6.68. The summed E-state index contributed by atoms with van der Waals surface area (Å²) >= 11 is 0. The van der Waals surface area contributed by atoms with Crippen LogP contribution < -0.4 is 26.6 Å². The first-order valence-electron chi connectivity index (χ1n) is 46.1. The van der Waals surface area contributed by atoms with E-state index in [1.807, 2.05) is 27.7 Å². The normalized spacial score (nSPS) is 30.3. The number of likely N-dealkylation sites (N-methyl/N-ethyl adjacent to an activating group) is 7. The first-order valence-corrected chi connectivity index (χ1v) is 46.1. The van der Waals surface area contributed by atoms with Gasteiger partial charge in [-0.3, -0.25) is 76.7 Å². The van der Waals surface area contributed by atoms with Gasteiger partial charge in [0.05, 0.1) is 25.5 Å². The number of Topliss-reactive ketones (excluding diaryl/α,β-unsaturated/α-hetero) is 1. The fraction of sp³-hybridized carbons (Fsp3) is 0.745. The minimum atomic E-state index is -2.26. The van der Waals surface area contributed by atoms with E-state index in [4.69, 9.17) is 18.9 Å². The molecule has 0 radical (unpaired) electrons. The third-order valence-electron chi connectivity index (χ3n) is 27.2. The summed E-state index contributed by atoms with van der Waals surface area (Å²) in [6.07, 6.45) is -0.0118. The highest BCUT2D eigenvalue weighted by Crippen LogP contribution is 2.71. The maximum Gasteiger partial charge on any atom is 0.511 e. The van der Waals surface area contributed by atoms with Gasteiger partial charge in [-0.15, -0.1) is 0 Å². The maximum absolute atomic E-state index is 17.8. The van der Waals surface area contributed by atoms with E-state index < -0.39 is 276 Å². The number of aliphatic carboxylic acids is 1. The van der Waals surface area contributed by atoms with E-state index in [0.717, 1.165) is 24.5 Å². The molecule has 0 spiro atoms. The third kappa shape index (κ3) is 26.2. The van der Waals surface area contributed by atoms with Crippen molar-refractivity contribution in [2.75, 3.05) is 69.3 Å². The van der Waals surface area contributed by atoms with E-state index in [1.54, 1.807) is 95.2 Å². The van der Waals surface area contributed by atoms with Crippen LogP contribution in [-0.4, -0.2) is 315 Å². The second-order valence-corrected chi connectivity index (χ2v) is 39.6. The molecule has 5 rings (SSSR count). The molecule has 1 heterocycles. The van der Waals surface area contributed by atoms with Crippen LogP contribution in [0.4, 0.5) is 9.18 Å². The molecular weight excluding hydrogens is 1720 g/mol. The number of nitrogens with zero attached hydrogens (tertiary/aromatic N) is 7. The molecule has 37 nitrogen and oxygen atoms in total. The number of aliphatic hydroxyl groups is 2. The molecule has 0 bridgehead atoms. The second-order valence-electron chi connectivity index (χ2n) is 39.6. The van der Waals surface area contributed by atoms with Crippen molar-refractivity contribution in [2.24, 2.45) is 70.0 Å². The third-order valence-corrected chi connectivity index (χ3v) is 27.2. The molecule has 0 aromatic heterocycles. The van der Waals surface area contributed by atoms with Crippen molar-refractivity contribution in [2.45, 2.75) is 312 Å². The summed E-state index contributed by atoms with van der Waals surface area (Å²) in [5.74, 6) is -21.3. The zero-order valence-corrected chi connectivity index (χ0v) is 82.3. The van der Waals surface area contributed by atoms with Gasteiger partial charge in [0.25, 0.3) is 0 Å². The molecule has 12 unspecified atom stereocenters. The Kier molecular flexibility index (Phi) is 40.5. The van der Waals surface area contributed by atoms with Gasteiger partial charge in [-0.25, -0.2) is 14.0 Å². The fourth-order valence-corrected chi connectivity index (χ4v) is 19.5. The van der Waals surface area contributed by atoms with Crippen LogP contribution in [0.25, 0.3) is 0 Å². The van der Waals surface area contributed by atoms with Crippen molar-refractivity contribution in [3.8, 4) is 0 Å². The van der Waals surface area contributed by atoms with E-state index >= 15 is 23.6 Å². The Bertz CT molecular complexity index is 4320. The number of carbonyl (C=O) groups excluding carboxylic acids is 17. The van der Waals surface area contributed by atoms with E-state index in [2.05, 4.69) is 26.6 Å². The Morgan fingerprint density at radius 1 is 0.598 bits per heavy atom. The van der Waals surface area contributed by atoms with E-state index in [-0.39, 0.29) is 87.2 Å². The number of hydrogen-bond donors (Lipinski definition) is 8. The van der Waals surface area contributed by atoms with E-state index in [0.29, 0.717) is 12.0 Å². The van der Waals surface area contributed by atoms with Crippen molar-refractivity contribution < 1.29 is 125 Å². The molecule has 4 aliphatic carbocycles. The average molecular weight is 1870 g/mol. The number of alkyl halides is 1. The molecule has 12 amide bonds. The van der Waals surface area contributed by atoms with Gasteiger partial charge in [0.2, 0.25) is 83.5 Å². The lowest BCUT2D eigenvalue weighted by Gasteiger charge is -2.62. The van der Waals surface area contributed by atoms with Gasteiger partial charge in [-0.2, -0.15) is 0 Å². The maximum atomic E-state index is 17.8. The molecule has 1 saturated heterocycles. The molecule has 38 heteroatoms. The fourth-order valence-electron chi connectivity index (χ4n) is 19.5. The number of carboxylic acids is 1. The molecule has 5 aliphatic rings. The molecule has 4 fully saturated rings. The van der Waals surface area contributed by atoms with Gasteiger partial charge < -0.3 is 95.2 Å². The van der Waals surface area contributed by atoms with Gasteiger partial charge in [-0.1, -0.05) is 135 Å². The predicted molar refractivity (Wildman–Crippen MR) is 482 cm³/mol. The molecule has 0 aromatic rings. The SMILES string of the molecule is C/C=C/C[C@H](C)C(OC(=O)OCOC(=O)C[C@@H](NC(=O)CCC(=O)OCC(=O)[C@]1(O)[C@H](C)CC2C3CCC4=CC(=O)C=C[C@@]4(C)[C@]3(F)[C@H](O)C[C@]21C)C(=O)O)C1C(=O)NC(CC)C(=O)N(C)CC(=O)N(C)[C@H](CC(C)C)C(=O)NC(C(C)C)C(=O)N(C)C(CC(C)C)C(=O)NC(C)C(=O)NC(C)C(=O)N(C)C(CC(C)C)C(=O)N(C)C(CC(C)C)C(=O)N(C)C(C(C)C)C(=O)N1C. The number of hydrogen-bond acceptors (Lipinski definition) is 24. The monoisotopic (exact) mass is 1870 g/mol. The molecule has 3 saturated carbocycles. The first kappa shape index (κ1) is 112. The van der Waals surface area contributed by atoms with Crippen LogP contribution in [0, 0.1) is 70.0 Å². The van der Waals surface area contributed by atoms with E-state index in [1.165, 1.54) is 105 Å². The Hall–Kier alpha value is -10.3. The highest BCUT2D eigenvalue weighted by molar-refractivity contribution is 6.02. The predicted octanol–water partition coefficient (Wildman–Crippen LogP) is 5.13. The number of carbonyl (C=O) groups is 18. The zero-order chi connectivity index (χ0) is 101. The van der Waals surface area contributed by atoms with Crippen molar-refractivity contribution in [1.29, 1.82) is 0 Å². The van der Waals surface area contributed by atoms with Crippen LogP contribution >= 0.6 is 0 Å². The Morgan fingerprint density at radius 3 is 1.66 bits per heavy atom. The molecule has 742 valence electrons. The number of carboxylic acid groups (broad SMARTS) is 1. The number of aliphatic hydroxyl groups excluding tert-OH is 1. The van der Waals surface area contributed by atoms with Gasteiger partial charge in [0, 0.05) is 72.5 Å². The summed E-state index contributed by atoms with van der Waals surface area (Å²) in [7, 11) is 9.23. The van der Waals surface area contributed by atoms with E-state index in [9.17, 15) is 82.4 Å². The van der Waals surface area contributed by atoms with Crippen molar-refractivity contribution >= 4 is 107 Å². The number of ether oxygens (including phenoxy) is 4. The Balaban J connectivity index is 1.48. The number of ketones is 2.